The van der Waals surface area contributed by atoms with Crippen LogP contribution in [0.3, 0.4) is 0 Å². The number of hydrogen-bond donors (Lipinski definition) is 0. The van der Waals surface area contributed by atoms with Crippen LogP contribution in [-0.2, 0) is 11.3 Å². The van der Waals surface area contributed by atoms with Gasteiger partial charge in [0.15, 0.2) is 0 Å². The molecule has 2 rings (SSSR count). The number of benzene rings is 2. The molecule has 134 valence electrons. The highest BCUT2D eigenvalue weighted by Crippen LogP contribution is 2.22. The molecular formula is C18H19F2NO3S. The summed E-state index contributed by atoms with van der Waals surface area (Å²) in [6, 6.07) is 13.8. The smallest absolute Gasteiger partial charge is 0.387 e. The van der Waals surface area contributed by atoms with E-state index in [1.807, 2.05) is 24.3 Å². The second kappa shape index (κ2) is 9.27. The molecule has 0 saturated heterocycles. The van der Waals surface area contributed by atoms with Crippen LogP contribution in [0.25, 0.3) is 0 Å². The molecule has 0 N–H and O–H groups in total. The average Bonchev–Trinajstić information content (AvgIpc) is 2.61. The van der Waals surface area contributed by atoms with Gasteiger partial charge < -0.3 is 14.4 Å². The van der Waals surface area contributed by atoms with Crippen molar-refractivity contribution in [1.29, 1.82) is 0 Å². The SMILES string of the molecule is COc1ccc(SCC(=O)N(C)Cc2ccc(OC(F)F)cc2)cc1. The van der Waals surface area contributed by atoms with Gasteiger partial charge in [-0.25, -0.2) is 0 Å². The van der Waals surface area contributed by atoms with Gasteiger partial charge in [0.25, 0.3) is 0 Å². The molecule has 1 amide bonds. The van der Waals surface area contributed by atoms with Crippen LogP contribution in [0.15, 0.2) is 53.4 Å². The van der Waals surface area contributed by atoms with Crippen molar-refractivity contribution in [3.8, 4) is 11.5 Å². The summed E-state index contributed by atoms with van der Waals surface area (Å²) < 4.78 is 33.6. The summed E-state index contributed by atoms with van der Waals surface area (Å²) in [5.41, 5.74) is 0.840. The van der Waals surface area contributed by atoms with Gasteiger partial charge in [0.2, 0.25) is 5.91 Å². The van der Waals surface area contributed by atoms with Gasteiger partial charge in [0.05, 0.1) is 12.9 Å². The van der Waals surface area contributed by atoms with E-state index in [9.17, 15) is 13.6 Å². The third-order valence-electron chi connectivity index (χ3n) is 3.42. The number of ether oxygens (including phenoxy) is 2. The van der Waals surface area contributed by atoms with Gasteiger partial charge in [-0.05, 0) is 42.0 Å². The maximum absolute atomic E-state index is 12.2. The van der Waals surface area contributed by atoms with Gasteiger partial charge in [-0.3, -0.25) is 4.79 Å². The number of methoxy groups -OCH3 is 1. The maximum atomic E-state index is 12.2. The highest BCUT2D eigenvalue weighted by molar-refractivity contribution is 8.00. The Labute approximate surface area is 149 Å². The van der Waals surface area contributed by atoms with Crippen molar-refractivity contribution in [3.05, 3.63) is 54.1 Å². The van der Waals surface area contributed by atoms with Crippen molar-refractivity contribution < 1.29 is 23.0 Å². The van der Waals surface area contributed by atoms with Crippen LogP contribution in [-0.4, -0.2) is 37.3 Å². The van der Waals surface area contributed by atoms with Crippen molar-refractivity contribution in [3.63, 3.8) is 0 Å². The summed E-state index contributed by atoms with van der Waals surface area (Å²) in [6.07, 6.45) is 0. The summed E-state index contributed by atoms with van der Waals surface area (Å²) in [6.45, 7) is -2.44. The number of hydrogen-bond acceptors (Lipinski definition) is 4. The van der Waals surface area contributed by atoms with Crippen molar-refractivity contribution in [2.75, 3.05) is 19.9 Å². The zero-order valence-corrected chi connectivity index (χ0v) is 14.8. The molecule has 0 heterocycles. The minimum Gasteiger partial charge on any atom is -0.497 e. The van der Waals surface area contributed by atoms with Gasteiger partial charge in [-0.1, -0.05) is 12.1 Å². The van der Waals surface area contributed by atoms with Crippen molar-refractivity contribution in [1.82, 2.24) is 4.90 Å². The Hall–Kier alpha value is -2.28. The zero-order valence-electron chi connectivity index (χ0n) is 13.9. The molecule has 0 unspecified atom stereocenters. The van der Waals surface area contributed by atoms with Gasteiger partial charge in [0.1, 0.15) is 11.5 Å². The fourth-order valence-electron chi connectivity index (χ4n) is 2.07. The number of carbonyl (C=O) groups excluding carboxylic acids is 1. The summed E-state index contributed by atoms with van der Waals surface area (Å²) in [4.78, 5) is 14.8. The first-order chi connectivity index (χ1) is 12.0. The molecule has 0 aliphatic rings. The van der Waals surface area contributed by atoms with Crippen molar-refractivity contribution >= 4 is 17.7 Å². The van der Waals surface area contributed by atoms with Crippen molar-refractivity contribution in [2.45, 2.75) is 18.1 Å². The third-order valence-corrected chi connectivity index (χ3v) is 4.41. The number of amides is 1. The number of alkyl halides is 2. The zero-order chi connectivity index (χ0) is 18.2. The number of rotatable bonds is 8. The van der Waals surface area contributed by atoms with Gasteiger partial charge >= 0.3 is 6.61 Å². The molecule has 0 fully saturated rings. The van der Waals surface area contributed by atoms with E-state index in [1.165, 1.54) is 23.9 Å². The van der Waals surface area contributed by atoms with Crippen molar-refractivity contribution in [2.24, 2.45) is 0 Å². The molecule has 0 radical (unpaired) electrons. The Morgan fingerprint density at radius 3 is 2.24 bits per heavy atom. The first-order valence-electron chi connectivity index (χ1n) is 7.52. The predicted octanol–water partition coefficient (Wildman–Crippen LogP) is 4.05. The topological polar surface area (TPSA) is 38.8 Å². The quantitative estimate of drug-likeness (QED) is 0.660. The second-order valence-corrected chi connectivity index (χ2v) is 6.29. The molecular weight excluding hydrogens is 348 g/mol. The van der Waals surface area contributed by atoms with Crippen LogP contribution < -0.4 is 9.47 Å². The monoisotopic (exact) mass is 367 g/mol. The highest BCUT2D eigenvalue weighted by atomic mass is 32.2. The van der Waals surface area contributed by atoms with E-state index >= 15 is 0 Å². The Balaban J connectivity index is 1.82. The molecule has 0 bridgehead atoms. The summed E-state index contributed by atoms with van der Waals surface area (Å²) in [5, 5.41) is 0. The van der Waals surface area contributed by atoms with E-state index < -0.39 is 6.61 Å². The third kappa shape index (κ3) is 6.26. The summed E-state index contributed by atoms with van der Waals surface area (Å²) >= 11 is 1.45. The van der Waals surface area contributed by atoms with Gasteiger partial charge in [-0.15, -0.1) is 11.8 Å². The molecule has 0 aromatic heterocycles. The lowest BCUT2D eigenvalue weighted by molar-refractivity contribution is -0.127. The Morgan fingerprint density at radius 2 is 1.68 bits per heavy atom. The molecule has 0 atom stereocenters. The minimum atomic E-state index is -2.84. The molecule has 0 spiro atoms. The maximum Gasteiger partial charge on any atom is 0.387 e. The second-order valence-electron chi connectivity index (χ2n) is 5.24. The van der Waals surface area contributed by atoms with E-state index in [-0.39, 0.29) is 11.7 Å². The van der Waals surface area contributed by atoms with E-state index in [1.54, 1.807) is 31.2 Å². The molecule has 25 heavy (non-hydrogen) atoms. The largest absolute Gasteiger partial charge is 0.497 e. The lowest BCUT2D eigenvalue weighted by Gasteiger charge is -2.17. The lowest BCUT2D eigenvalue weighted by atomic mass is 10.2. The van der Waals surface area contributed by atoms with Crippen LogP contribution in [0.4, 0.5) is 8.78 Å². The van der Waals surface area contributed by atoms with Crippen LogP contribution >= 0.6 is 11.8 Å². The standard InChI is InChI=1S/C18H19F2NO3S/c1-21(11-13-3-5-15(6-4-13)24-18(19)20)17(22)12-25-16-9-7-14(23-2)8-10-16/h3-10,18H,11-12H2,1-2H3. The van der Waals surface area contributed by atoms with Gasteiger partial charge in [-0.2, -0.15) is 8.78 Å². The molecule has 0 aliphatic carbocycles. The highest BCUT2D eigenvalue weighted by Gasteiger charge is 2.11. The fourth-order valence-corrected chi connectivity index (χ4v) is 2.90. The molecule has 2 aromatic carbocycles. The van der Waals surface area contributed by atoms with E-state index in [4.69, 9.17) is 4.74 Å². The Morgan fingerprint density at radius 1 is 1.08 bits per heavy atom. The first kappa shape index (κ1) is 19.1. The van der Waals surface area contributed by atoms with Crippen LogP contribution in [0.1, 0.15) is 5.56 Å². The Bertz CT molecular complexity index is 678. The molecule has 7 heteroatoms. The average molecular weight is 367 g/mol. The number of halogens is 2. The molecule has 4 nitrogen and oxygen atoms in total. The number of thioether (sulfide) groups is 1. The number of nitrogens with zero attached hydrogens (tertiary/aromatic N) is 1. The van der Waals surface area contributed by atoms with Crippen LogP contribution in [0.2, 0.25) is 0 Å². The summed E-state index contributed by atoms with van der Waals surface area (Å²) in [7, 11) is 3.31. The number of carbonyl (C=O) groups is 1. The first-order valence-corrected chi connectivity index (χ1v) is 8.51. The predicted molar refractivity (Wildman–Crippen MR) is 93.3 cm³/mol. The van der Waals surface area contributed by atoms with E-state index in [0.29, 0.717) is 12.3 Å². The molecule has 0 saturated carbocycles. The van der Waals surface area contributed by atoms with E-state index in [0.717, 1.165) is 16.2 Å². The normalized spacial score (nSPS) is 10.6. The minimum absolute atomic E-state index is 0.0197. The Kier molecular flexibility index (Phi) is 7.06. The van der Waals surface area contributed by atoms with Crippen LogP contribution in [0.5, 0.6) is 11.5 Å². The molecule has 2 aromatic rings. The fraction of sp³-hybridized carbons (Fsp3) is 0.278. The van der Waals surface area contributed by atoms with Gasteiger partial charge in [0, 0.05) is 18.5 Å². The lowest BCUT2D eigenvalue weighted by Crippen LogP contribution is -2.27. The summed E-state index contributed by atoms with van der Waals surface area (Å²) in [5.74, 6) is 1.17. The van der Waals surface area contributed by atoms with Crippen LogP contribution in [0, 0.1) is 0 Å². The molecule has 0 aliphatic heterocycles. The van der Waals surface area contributed by atoms with E-state index in [2.05, 4.69) is 4.74 Å².